The molecule has 1 rings (SSSR count). The molecule has 2 unspecified atom stereocenters. The third-order valence-electron chi connectivity index (χ3n) is 5.13. The predicted molar refractivity (Wildman–Crippen MR) is 97.8 cm³/mol. The van der Waals surface area contributed by atoms with Crippen LogP contribution in [-0.4, -0.2) is 5.54 Å². The van der Waals surface area contributed by atoms with E-state index < -0.39 is 11.3 Å². The van der Waals surface area contributed by atoms with E-state index in [1.54, 1.807) is 0 Å². The zero-order valence-electron chi connectivity index (χ0n) is 16.4. The highest BCUT2D eigenvalue weighted by atomic mass is 35.6. The van der Waals surface area contributed by atoms with E-state index in [9.17, 15) is 0 Å². The minimum Gasteiger partial charge on any atom is -0.544 e. The maximum atomic E-state index is 8.24. The van der Waals surface area contributed by atoms with Gasteiger partial charge in [-0.25, -0.2) is 0 Å². The van der Waals surface area contributed by atoms with Gasteiger partial charge in [0.2, 0.25) is 0 Å². The molecule has 0 bridgehead atoms. The second kappa shape index (κ2) is 15.6. The summed E-state index contributed by atoms with van der Waals surface area (Å²) in [5.74, 6) is 0.688. The molecule has 0 radical (unpaired) electrons. The smallest absolute Gasteiger partial charge is 0.0983 e. The van der Waals surface area contributed by atoms with Crippen molar-refractivity contribution in [3.8, 4) is 0 Å². The zero-order chi connectivity index (χ0) is 19.0. The first-order valence-corrected chi connectivity index (χ1v) is 10.4. The molecule has 25 heavy (non-hydrogen) atoms. The summed E-state index contributed by atoms with van der Waals surface area (Å²) < 4.78 is 16.5. The first-order valence-electron chi connectivity index (χ1n) is 9.76. The van der Waals surface area contributed by atoms with Crippen LogP contribution in [-0.2, 0) is 6.42 Å². The molecule has 0 aliphatic carbocycles. The maximum absolute atomic E-state index is 8.24. The molecular weight excluding hydrogens is 334 g/mol. The lowest BCUT2D eigenvalue weighted by atomic mass is 9.79. The summed E-state index contributed by atoms with van der Waals surface area (Å²) in [6.45, 7) is 7.00. The fourth-order valence-electron chi connectivity index (χ4n) is 3.17. The van der Waals surface area contributed by atoms with E-state index >= 15 is 0 Å². The highest BCUT2D eigenvalue weighted by molar-refractivity contribution is 5.16. The van der Waals surface area contributed by atoms with Crippen LogP contribution in [0.2, 0.25) is 0 Å². The average molecular weight is 372 g/mol. The molecule has 0 spiro atoms. The minimum atomic E-state index is -0.417. The lowest BCUT2D eigenvalue weighted by molar-refractivity contribution is -1.41. The van der Waals surface area contributed by atoms with E-state index in [1.807, 2.05) is 0 Å². The number of rotatable bonds is 12. The van der Waals surface area contributed by atoms with Gasteiger partial charge in [-0.3, -0.25) is 0 Å². The third-order valence-corrected chi connectivity index (χ3v) is 5.13. The molecule has 1 aromatic rings. The van der Waals surface area contributed by atoms with E-state index in [0.717, 1.165) is 6.42 Å². The molecule has 0 fully saturated rings. The van der Waals surface area contributed by atoms with Gasteiger partial charge in [-0.15, -0.1) is 0 Å². The van der Waals surface area contributed by atoms with Crippen molar-refractivity contribution in [1.82, 2.24) is 0 Å². The van der Waals surface area contributed by atoms with Crippen LogP contribution in [0.4, 0.5) is 0 Å². The molecule has 0 heterocycles. The van der Waals surface area contributed by atoms with Crippen LogP contribution >= 0.6 is 0 Å². The number of benzene rings is 1. The summed E-state index contributed by atoms with van der Waals surface area (Å²) in [6.07, 6.45) is 13.7. The number of hydrogen-bond acceptors (Lipinski definition) is 2. The van der Waals surface area contributed by atoms with Gasteiger partial charge in [0.15, 0.2) is 0 Å². The van der Waals surface area contributed by atoms with E-state index in [2.05, 4.69) is 56.8 Å². The molecular formula is C21H38ClNO2. The highest BCUT2D eigenvalue weighted by Crippen LogP contribution is 2.23. The average Bonchev–Trinajstić information content (AvgIpc) is 2.58. The molecule has 0 aliphatic heterocycles. The molecule has 4 heteroatoms. The van der Waals surface area contributed by atoms with E-state index in [4.69, 9.17) is 9.32 Å². The second-order valence-corrected chi connectivity index (χ2v) is 7.67. The summed E-state index contributed by atoms with van der Waals surface area (Å²) in [5.41, 5.74) is 6.09. The fraction of sp³-hybridized carbons (Fsp3) is 0.714. The normalized spacial score (nSPS) is 14.3. The summed E-state index contributed by atoms with van der Waals surface area (Å²) in [4.78, 5) is 0. The first-order chi connectivity index (χ1) is 12.0. The number of quaternary nitrogens is 1. The Morgan fingerprint density at radius 3 is 1.96 bits per heavy atom. The lowest BCUT2D eigenvalue weighted by Crippen LogP contribution is -2.75. The first kappa shape index (κ1) is 24.4. The van der Waals surface area contributed by atoms with Crippen molar-refractivity contribution in [3.05, 3.63) is 35.9 Å². The van der Waals surface area contributed by atoms with Crippen LogP contribution in [0, 0.1) is 17.2 Å². The van der Waals surface area contributed by atoms with Crippen LogP contribution in [0.5, 0.6) is 0 Å². The molecule has 0 aliphatic rings. The van der Waals surface area contributed by atoms with Crippen molar-refractivity contribution in [2.45, 2.75) is 90.5 Å². The molecule has 3 N–H and O–H groups in total. The highest BCUT2D eigenvalue weighted by Gasteiger charge is 2.30. The molecule has 0 saturated heterocycles. The van der Waals surface area contributed by atoms with Crippen molar-refractivity contribution < 1.29 is 26.4 Å². The SMILES string of the molecule is CCCCCCCCCCC(C)C(C)([NH3+])Cc1ccccc1.[O-][Cl+][O-]. The largest absolute Gasteiger partial charge is 0.544 e. The van der Waals surface area contributed by atoms with Crippen LogP contribution in [0.15, 0.2) is 30.3 Å². The van der Waals surface area contributed by atoms with Crippen molar-refractivity contribution in [2.24, 2.45) is 5.92 Å². The van der Waals surface area contributed by atoms with Crippen LogP contribution in [0.1, 0.15) is 84.1 Å². The maximum Gasteiger partial charge on any atom is 0.0983 e. The summed E-state index contributed by atoms with van der Waals surface area (Å²) in [5, 5.41) is 0. The summed E-state index contributed by atoms with van der Waals surface area (Å²) in [7, 11) is 0. The van der Waals surface area contributed by atoms with Gasteiger partial charge >= 0.3 is 0 Å². The Bertz CT molecular complexity index is 398. The van der Waals surface area contributed by atoms with Gasteiger partial charge in [0.1, 0.15) is 0 Å². The van der Waals surface area contributed by atoms with Crippen LogP contribution in [0.3, 0.4) is 0 Å². The Morgan fingerprint density at radius 1 is 0.960 bits per heavy atom. The van der Waals surface area contributed by atoms with Crippen molar-refractivity contribution in [3.63, 3.8) is 0 Å². The Hall–Kier alpha value is -0.610. The van der Waals surface area contributed by atoms with E-state index in [0.29, 0.717) is 5.92 Å². The zero-order valence-corrected chi connectivity index (χ0v) is 17.2. The second-order valence-electron chi connectivity index (χ2n) is 7.54. The molecule has 1 aromatic carbocycles. The number of unbranched alkanes of at least 4 members (excludes halogenated alkanes) is 7. The Morgan fingerprint density at radius 2 is 1.44 bits per heavy atom. The quantitative estimate of drug-likeness (QED) is 0.573. The van der Waals surface area contributed by atoms with Gasteiger partial charge < -0.3 is 15.1 Å². The molecule has 146 valence electrons. The van der Waals surface area contributed by atoms with Gasteiger partial charge in [0.05, 0.1) is 16.9 Å². The number of halogens is 1. The monoisotopic (exact) mass is 371 g/mol. The summed E-state index contributed by atoms with van der Waals surface area (Å²) >= 11 is -0.417. The Labute approximate surface area is 159 Å². The molecule has 2 atom stereocenters. The van der Waals surface area contributed by atoms with E-state index in [-0.39, 0.29) is 5.54 Å². The molecule has 3 nitrogen and oxygen atoms in total. The van der Waals surface area contributed by atoms with Gasteiger partial charge in [-0.05, 0) is 18.9 Å². The van der Waals surface area contributed by atoms with E-state index in [1.165, 1.54) is 63.4 Å². The number of hydrogen-bond donors (Lipinski definition) is 1. The van der Waals surface area contributed by atoms with Crippen LogP contribution < -0.4 is 15.1 Å². The molecule has 0 saturated carbocycles. The lowest BCUT2D eigenvalue weighted by Gasteiger charge is -2.28. The van der Waals surface area contributed by atoms with Crippen molar-refractivity contribution in [1.29, 1.82) is 0 Å². The van der Waals surface area contributed by atoms with Crippen molar-refractivity contribution >= 4 is 0 Å². The Kier molecular flexibility index (Phi) is 15.2. The minimum absolute atomic E-state index is 0.155. The van der Waals surface area contributed by atoms with Gasteiger partial charge in [-0.1, -0.05) is 95.5 Å². The predicted octanol–water partition coefficient (Wildman–Crippen LogP) is 3.02. The molecule has 0 aromatic heterocycles. The fourth-order valence-corrected chi connectivity index (χ4v) is 3.17. The summed E-state index contributed by atoms with van der Waals surface area (Å²) in [6, 6.07) is 10.8. The van der Waals surface area contributed by atoms with Gasteiger partial charge in [0.25, 0.3) is 0 Å². The molecule has 0 amide bonds. The van der Waals surface area contributed by atoms with Crippen LogP contribution in [0.25, 0.3) is 0 Å². The van der Waals surface area contributed by atoms with Crippen molar-refractivity contribution in [2.75, 3.05) is 0 Å². The van der Waals surface area contributed by atoms with Gasteiger partial charge in [-0.2, -0.15) is 0 Å². The standard InChI is InChI=1S/C21H37N.ClO2/c1-4-5-6-7-8-9-10-12-15-19(2)21(3,22)18-20-16-13-11-14-17-20;2-1-3/h11,13-14,16-17,19H,4-10,12,15,18,22H2,1-3H3;/q;-1/p+1. The Balaban J connectivity index is 0.00000178. The topological polar surface area (TPSA) is 73.8 Å². The van der Waals surface area contributed by atoms with Gasteiger partial charge in [0, 0.05) is 12.3 Å². The third kappa shape index (κ3) is 13.3.